The molecule has 0 unspecified atom stereocenters. The molecule has 0 saturated heterocycles. The lowest BCUT2D eigenvalue weighted by Crippen LogP contribution is -2.27. The number of para-hydroxylation sites is 1. The molecule has 0 fully saturated rings. The Balaban J connectivity index is 1.76. The van der Waals surface area contributed by atoms with Gasteiger partial charge in [-0.15, -0.1) is 0 Å². The third kappa shape index (κ3) is 3.47. The number of halogens is 1. The summed E-state index contributed by atoms with van der Waals surface area (Å²) in [5.74, 6) is -0.503. The predicted molar refractivity (Wildman–Crippen MR) is 107 cm³/mol. The van der Waals surface area contributed by atoms with Crippen molar-refractivity contribution in [3.8, 4) is 11.3 Å². The molecule has 4 nitrogen and oxygen atoms in total. The fraction of sp³-hybridized carbons (Fsp3) is 0.0870. The molecule has 0 N–H and O–H groups in total. The Morgan fingerprint density at radius 3 is 2.50 bits per heavy atom. The van der Waals surface area contributed by atoms with E-state index in [-0.39, 0.29) is 18.3 Å². The van der Waals surface area contributed by atoms with Gasteiger partial charge in [-0.25, -0.2) is 9.37 Å². The maximum Gasteiger partial charge on any atom is 0.254 e. The van der Waals surface area contributed by atoms with Gasteiger partial charge in [0, 0.05) is 42.5 Å². The number of benzene rings is 2. The molecule has 28 heavy (non-hydrogen) atoms. The third-order valence-corrected chi connectivity index (χ3v) is 4.63. The second-order valence-electron chi connectivity index (χ2n) is 6.56. The van der Waals surface area contributed by atoms with Crippen molar-refractivity contribution in [2.45, 2.75) is 6.54 Å². The van der Waals surface area contributed by atoms with Crippen LogP contribution in [0.4, 0.5) is 4.39 Å². The maximum absolute atomic E-state index is 14.0. The molecule has 0 bridgehead atoms. The Bertz CT molecular complexity index is 1140. The molecule has 0 atom stereocenters. The first-order valence-electron chi connectivity index (χ1n) is 8.92. The molecule has 5 heteroatoms. The van der Waals surface area contributed by atoms with Crippen LogP contribution in [-0.4, -0.2) is 27.8 Å². The van der Waals surface area contributed by atoms with E-state index in [9.17, 15) is 9.18 Å². The molecule has 2 aromatic heterocycles. The Morgan fingerprint density at radius 1 is 1.00 bits per heavy atom. The van der Waals surface area contributed by atoms with Crippen molar-refractivity contribution in [2.24, 2.45) is 0 Å². The zero-order valence-electron chi connectivity index (χ0n) is 15.3. The van der Waals surface area contributed by atoms with Gasteiger partial charge in [0.1, 0.15) is 5.82 Å². The van der Waals surface area contributed by atoms with Gasteiger partial charge in [0.05, 0.1) is 16.8 Å². The molecule has 1 amide bonds. The number of amides is 1. The quantitative estimate of drug-likeness (QED) is 0.522. The Labute approximate surface area is 162 Å². The summed E-state index contributed by atoms with van der Waals surface area (Å²) in [6, 6.07) is 19.5. The summed E-state index contributed by atoms with van der Waals surface area (Å²) in [4.78, 5) is 23.5. The van der Waals surface area contributed by atoms with Crippen LogP contribution in [0.3, 0.4) is 0 Å². The number of carbonyl (C=O) groups is 1. The van der Waals surface area contributed by atoms with Crippen LogP contribution in [0.25, 0.3) is 22.2 Å². The first-order chi connectivity index (χ1) is 13.6. The fourth-order valence-electron chi connectivity index (χ4n) is 3.18. The van der Waals surface area contributed by atoms with E-state index in [1.54, 1.807) is 43.7 Å². The van der Waals surface area contributed by atoms with Gasteiger partial charge in [-0.05, 0) is 30.3 Å². The van der Waals surface area contributed by atoms with Crippen molar-refractivity contribution in [3.05, 3.63) is 96.1 Å². The molecule has 0 aliphatic carbocycles. The highest BCUT2D eigenvalue weighted by Crippen LogP contribution is 2.26. The number of hydrogen-bond donors (Lipinski definition) is 0. The summed E-state index contributed by atoms with van der Waals surface area (Å²) in [5.41, 5.74) is 3.33. The summed E-state index contributed by atoms with van der Waals surface area (Å²) >= 11 is 0. The van der Waals surface area contributed by atoms with Crippen LogP contribution >= 0.6 is 0 Å². The summed E-state index contributed by atoms with van der Waals surface area (Å²) in [6.07, 6.45) is 3.38. The van der Waals surface area contributed by atoms with Crippen molar-refractivity contribution >= 4 is 16.8 Å². The number of hydrogen-bond acceptors (Lipinski definition) is 3. The normalized spacial score (nSPS) is 10.8. The Morgan fingerprint density at radius 2 is 1.71 bits per heavy atom. The molecule has 2 aromatic carbocycles. The smallest absolute Gasteiger partial charge is 0.254 e. The van der Waals surface area contributed by atoms with Gasteiger partial charge < -0.3 is 4.90 Å². The van der Waals surface area contributed by atoms with Crippen LogP contribution in [0.15, 0.2) is 79.1 Å². The van der Waals surface area contributed by atoms with Crippen LogP contribution in [0.1, 0.15) is 15.9 Å². The van der Waals surface area contributed by atoms with Crippen molar-refractivity contribution in [1.29, 1.82) is 0 Å². The van der Waals surface area contributed by atoms with Crippen LogP contribution in [0, 0.1) is 5.82 Å². The standard InChI is InChI=1S/C23H18FN3O/c1-27(15-17-6-2-4-8-20(17)24)23(28)19-14-22(16-10-12-25-13-11-16)26-21-9-5-3-7-18(19)21/h2-14H,15H2,1H3. The van der Waals surface area contributed by atoms with Gasteiger partial charge in [-0.1, -0.05) is 36.4 Å². The monoisotopic (exact) mass is 371 g/mol. The first kappa shape index (κ1) is 17.8. The molecule has 0 saturated carbocycles. The Hall–Kier alpha value is -3.60. The summed E-state index contributed by atoms with van der Waals surface area (Å²) in [5, 5.41) is 0.769. The number of pyridine rings is 2. The van der Waals surface area contributed by atoms with Gasteiger partial charge in [0.15, 0.2) is 0 Å². The maximum atomic E-state index is 14.0. The van der Waals surface area contributed by atoms with Gasteiger partial charge in [-0.3, -0.25) is 9.78 Å². The van der Waals surface area contributed by atoms with Crippen molar-refractivity contribution in [3.63, 3.8) is 0 Å². The molecular weight excluding hydrogens is 353 g/mol. The van der Waals surface area contributed by atoms with Crippen LogP contribution in [-0.2, 0) is 6.54 Å². The van der Waals surface area contributed by atoms with Gasteiger partial charge in [-0.2, -0.15) is 0 Å². The fourth-order valence-corrected chi connectivity index (χ4v) is 3.18. The highest BCUT2D eigenvalue weighted by Gasteiger charge is 2.18. The van der Waals surface area contributed by atoms with E-state index in [1.807, 2.05) is 36.4 Å². The van der Waals surface area contributed by atoms with E-state index in [4.69, 9.17) is 0 Å². The van der Waals surface area contributed by atoms with E-state index in [1.165, 1.54) is 11.0 Å². The second kappa shape index (κ2) is 7.56. The van der Waals surface area contributed by atoms with Crippen LogP contribution < -0.4 is 0 Å². The number of fused-ring (bicyclic) bond motifs is 1. The minimum absolute atomic E-state index is 0.183. The lowest BCUT2D eigenvalue weighted by atomic mass is 10.0. The molecular formula is C23H18FN3O. The molecule has 0 spiro atoms. The topological polar surface area (TPSA) is 46.1 Å². The average Bonchev–Trinajstić information content (AvgIpc) is 2.74. The summed E-state index contributed by atoms with van der Waals surface area (Å²) in [7, 11) is 1.68. The van der Waals surface area contributed by atoms with Crippen LogP contribution in [0.2, 0.25) is 0 Å². The first-order valence-corrected chi connectivity index (χ1v) is 8.92. The van der Waals surface area contributed by atoms with E-state index < -0.39 is 0 Å². The zero-order chi connectivity index (χ0) is 19.5. The minimum Gasteiger partial charge on any atom is -0.337 e. The lowest BCUT2D eigenvalue weighted by Gasteiger charge is -2.19. The van der Waals surface area contributed by atoms with Crippen molar-refractivity contribution in [2.75, 3.05) is 7.05 Å². The Kier molecular flexibility index (Phi) is 4.81. The highest BCUT2D eigenvalue weighted by molar-refractivity contribution is 6.07. The minimum atomic E-state index is -0.320. The molecule has 0 aliphatic rings. The number of rotatable bonds is 4. The number of nitrogens with zero attached hydrogens (tertiary/aromatic N) is 3. The second-order valence-corrected chi connectivity index (χ2v) is 6.56. The summed E-state index contributed by atoms with van der Waals surface area (Å²) < 4.78 is 14.0. The molecule has 4 rings (SSSR count). The molecule has 4 aromatic rings. The van der Waals surface area contributed by atoms with E-state index in [0.717, 1.165) is 16.5 Å². The van der Waals surface area contributed by atoms with Gasteiger partial charge in [0.25, 0.3) is 5.91 Å². The largest absolute Gasteiger partial charge is 0.337 e. The SMILES string of the molecule is CN(Cc1ccccc1F)C(=O)c1cc(-c2ccncc2)nc2ccccc12. The molecule has 2 heterocycles. The van der Waals surface area contributed by atoms with Crippen LogP contribution in [0.5, 0.6) is 0 Å². The predicted octanol–water partition coefficient (Wildman–Crippen LogP) is 4.71. The number of carbonyl (C=O) groups excluding carboxylic acids is 1. The lowest BCUT2D eigenvalue weighted by molar-refractivity contribution is 0.0786. The van der Waals surface area contributed by atoms with E-state index >= 15 is 0 Å². The molecule has 138 valence electrons. The molecule has 0 radical (unpaired) electrons. The zero-order valence-corrected chi connectivity index (χ0v) is 15.3. The van der Waals surface area contributed by atoms with Gasteiger partial charge >= 0.3 is 0 Å². The van der Waals surface area contributed by atoms with Gasteiger partial charge in [0.2, 0.25) is 0 Å². The van der Waals surface area contributed by atoms with Crippen molar-refractivity contribution < 1.29 is 9.18 Å². The van der Waals surface area contributed by atoms with E-state index in [0.29, 0.717) is 16.8 Å². The van der Waals surface area contributed by atoms with E-state index in [2.05, 4.69) is 9.97 Å². The van der Waals surface area contributed by atoms with Crippen molar-refractivity contribution in [1.82, 2.24) is 14.9 Å². The highest BCUT2D eigenvalue weighted by atomic mass is 19.1. The number of aromatic nitrogens is 2. The third-order valence-electron chi connectivity index (χ3n) is 4.63. The average molecular weight is 371 g/mol. The molecule has 0 aliphatic heterocycles. The summed E-state index contributed by atoms with van der Waals surface area (Å²) in [6.45, 7) is 0.187.